The fraction of sp³-hybridized carbons (Fsp3) is 0.529. The Morgan fingerprint density at radius 2 is 2.00 bits per heavy atom. The minimum atomic E-state index is -1.16. The van der Waals surface area contributed by atoms with E-state index >= 15 is 0 Å². The van der Waals surface area contributed by atoms with Crippen LogP contribution in [0.3, 0.4) is 0 Å². The highest BCUT2D eigenvalue weighted by Gasteiger charge is 2.21. The summed E-state index contributed by atoms with van der Waals surface area (Å²) in [4.78, 5) is 25.5. The van der Waals surface area contributed by atoms with E-state index in [-0.39, 0.29) is 12.1 Å². The molecule has 2 rings (SSSR count). The van der Waals surface area contributed by atoms with Gasteiger partial charge in [0.25, 0.3) is 0 Å². The van der Waals surface area contributed by atoms with Crippen LogP contribution >= 0.6 is 0 Å². The van der Waals surface area contributed by atoms with Crippen molar-refractivity contribution >= 4 is 17.6 Å². The lowest BCUT2D eigenvalue weighted by Crippen LogP contribution is -2.42. The van der Waals surface area contributed by atoms with Gasteiger partial charge in [0.2, 0.25) is 5.91 Å². The molecule has 144 valence electrons. The van der Waals surface area contributed by atoms with Crippen molar-refractivity contribution in [2.24, 2.45) is 0 Å². The number of carbonyl (C=O) groups is 2. The van der Waals surface area contributed by atoms with Gasteiger partial charge in [-0.3, -0.25) is 14.5 Å². The number of nitrogens with zero attached hydrogens (tertiary/aromatic N) is 1. The number of ether oxygens (including phenoxy) is 1. The number of morpholine rings is 1. The lowest BCUT2D eigenvalue weighted by molar-refractivity contribution is -0.141. The van der Waals surface area contributed by atoms with Crippen LogP contribution in [0.25, 0.3) is 0 Å². The summed E-state index contributed by atoms with van der Waals surface area (Å²) in [5.74, 6) is -3.50. The molecule has 9 heteroatoms. The first-order chi connectivity index (χ1) is 12.5. The number of rotatable bonds is 9. The number of carbonyl (C=O) groups excluding carboxylic acids is 1. The molecule has 0 spiro atoms. The third-order valence-electron chi connectivity index (χ3n) is 4.04. The van der Waals surface area contributed by atoms with Gasteiger partial charge in [-0.15, -0.1) is 0 Å². The van der Waals surface area contributed by atoms with Crippen molar-refractivity contribution in [3.63, 3.8) is 0 Å². The Balaban J connectivity index is 1.75. The van der Waals surface area contributed by atoms with Crippen molar-refractivity contribution in [3.8, 4) is 0 Å². The summed E-state index contributed by atoms with van der Waals surface area (Å²) in [6, 6.07) is 1.67. The van der Waals surface area contributed by atoms with E-state index in [1.54, 1.807) is 0 Å². The van der Waals surface area contributed by atoms with Crippen molar-refractivity contribution in [3.05, 3.63) is 29.8 Å². The number of carboxylic acids is 1. The molecule has 1 unspecified atom stereocenters. The van der Waals surface area contributed by atoms with Gasteiger partial charge in [0.15, 0.2) is 0 Å². The van der Waals surface area contributed by atoms with Gasteiger partial charge in [0.1, 0.15) is 17.7 Å². The average Bonchev–Trinajstić information content (AvgIpc) is 2.61. The quantitative estimate of drug-likeness (QED) is 0.563. The van der Waals surface area contributed by atoms with E-state index in [4.69, 9.17) is 4.74 Å². The number of aliphatic carboxylic acids is 1. The second kappa shape index (κ2) is 10.1. The molecule has 1 aliphatic heterocycles. The lowest BCUT2D eigenvalue weighted by atomic mass is 10.2. The number of carboxylic acid groups (broad SMARTS) is 1. The first-order valence-electron chi connectivity index (χ1n) is 8.47. The molecule has 0 bridgehead atoms. The van der Waals surface area contributed by atoms with Gasteiger partial charge in [0.05, 0.1) is 25.3 Å². The number of halogens is 2. The number of anilines is 1. The van der Waals surface area contributed by atoms with Crippen molar-refractivity contribution in [1.29, 1.82) is 0 Å². The van der Waals surface area contributed by atoms with Crippen molar-refractivity contribution in [2.75, 3.05) is 44.7 Å². The van der Waals surface area contributed by atoms with Gasteiger partial charge >= 0.3 is 5.97 Å². The van der Waals surface area contributed by atoms with E-state index < -0.39 is 29.6 Å². The molecule has 0 saturated carbocycles. The second-order valence-electron chi connectivity index (χ2n) is 6.03. The summed E-state index contributed by atoms with van der Waals surface area (Å²) in [5, 5.41) is 14.3. The molecule has 1 aromatic rings. The summed E-state index contributed by atoms with van der Waals surface area (Å²) < 4.78 is 31.6. The van der Waals surface area contributed by atoms with E-state index in [0.717, 1.165) is 38.2 Å². The van der Waals surface area contributed by atoms with Gasteiger partial charge < -0.3 is 20.5 Å². The zero-order chi connectivity index (χ0) is 18.9. The molecule has 0 aromatic heterocycles. The Morgan fingerprint density at radius 1 is 1.27 bits per heavy atom. The van der Waals surface area contributed by atoms with Gasteiger partial charge in [0, 0.05) is 19.2 Å². The smallest absolute Gasteiger partial charge is 0.321 e. The predicted octanol–water partition coefficient (Wildman–Crippen LogP) is 1.06. The van der Waals surface area contributed by atoms with Crippen LogP contribution in [0.2, 0.25) is 0 Å². The normalized spacial score (nSPS) is 16.2. The average molecular weight is 371 g/mol. The second-order valence-corrected chi connectivity index (χ2v) is 6.03. The first-order valence-corrected chi connectivity index (χ1v) is 8.47. The van der Waals surface area contributed by atoms with Crippen LogP contribution < -0.4 is 10.6 Å². The van der Waals surface area contributed by atoms with Crippen LogP contribution in [-0.4, -0.2) is 67.3 Å². The number of benzene rings is 1. The first kappa shape index (κ1) is 20.2. The largest absolute Gasteiger partial charge is 0.480 e. The highest BCUT2D eigenvalue weighted by molar-refractivity contribution is 5.94. The maximum Gasteiger partial charge on any atom is 0.321 e. The fourth-order valence-electron chi connectivity index (χ4n) is 2.63. The maximum absolute atomic E-state index is 13.5. The summed E-state index contributed by atoms with van der Waals surface area (Å²) in [7, 11) is 0. The summed E-state index contributed by atoms with van der Waals surface area (Å²) in [6.45, 7) is 4.36. The van der Waals surface area contributed by atoms with Crippen LogP contribution in [0.1, 0.15) is 12.8 Å². The van der Waals surface area contributed by atoms with Gasteiger partial charge in [-0.1, -0.05) is 0 Å². The van der Waals surface area contributed by atoms with E-state index in [1.807, 2.05) is 0 Å². The zero-order valence-corrected chi connectivity index (χ0v) is 14.3. The highest BCUT2D eigenvalue weighted by Crippen LogP contribution is 2.15. The van der Waals surface area contributed by atoms with Crippen LogP contribution in [0.15, 0.2) is 18.2 Å². The monoisotopic (exact) mass is 371 g/mol. The Kier molecular flexibility index (Phi) is 7.89. The number of hydrogen-bond acceptors (Lipinski definition) is 5. The van der Waals surface area contributed by atoms with E-state index in [0.29, 0.717) is 25.8 Å². The molecule has 1 fully saturated rings. The third-order valence-corrected chi connectivity index (χ3v) is 4.04. The molecule has 7 nitrogen and oxygen atoms in total. The standard InChI is InChI=1S/C17H23F2N3O4/c18-12-2-3-14(13(19)10-12)21-16(23)11-15(17(24)25)20-4-1-5-22-6-8-26-9-7-22/h2-3,10,15,20H,1,4-9,11H2,(H,21,23)(H,24,25). The van der Waals surface area contributed by atoms with Crippen molar-refractivity contribution < 1.29 is 28.2 Å². The molecular weight excluding hydrogens is 348 g/mol. The third kappa shape index (κ3) is 6.66. The van der Waals surface area contributed by atoms with Crippen LogP contribution in [0.4, 0.5) is 14.5 Å². The predicted molar refractivity (Wildman–Crippen MR) is 90.9 cm³/mol. The molecule has 26 heavy (non-hydrogen) atoms. The number of amides is 1. The van der Waals surface area contributed by atoms with Gasteiger partial charge in [-0.25, -0.2) is 8.78 Å². The number of hydrogen-bond donors (Lipinski definition) is 3. The fourth-order valence-corrected chi connectivity index (χ4v) is 2.63. The molecular formula is C17H23F2N3O4. The molecule has 0 aliphatic carbocycles. The summed E-state index contributed by atoms with van der Waals surface area (Å²) in [5.41, 5.74) is -0.187. The van der Waals surface area contributed by atoms with E-state index in [2.05, 4.69) is 15.5 Å². The topological polar surface area (TPSA) is 90.9 Å². The van der Waals surface area contributed by atoms with E-state index in [1.165, 1.54) is 0 Å². The molecule has 1 aromatic carbocycles. The molecule has 1 atom stereocenters. The highest BCUT2D eigenvalue weighted by atomic mass is 19.1. The lowest BCUT2D eigenvalue weighted by Gasteiger charge is -2.26. The Bertz CT molecular complexity index is 624. The summed E-state index contributed by atoms with van der Waals surface area (Å²) in [6.07, 6.45) is 0.377. The Labute approximate surface area is 150 Å². The minimum absolute atomic E-state index is 0.187. The summed E-state index contributed by atoms with van der Waals surface area (Å²) >= 11 is 0. The molecule has 1 amide bonds. The van der Waals surface area contributed by atoms with Crippen LogP contribution in [0, 0.1) is 11.6 Å². The molecule has 1 heterocycles. The Hall–Kier alpha value is -2.10. The van der Waals surface area contributed by atoms with Crippen LogP contribution in [-0.2, 0) is 14.3 Å². The molecule has 3 N–H and O–H groups in total. The van der Waals surface area contributed by atoms with Gasteiger partial charge in [-0.2, -0.15) is 0 Å². The van der Waals surface area contributed by atoms with Gasteiger partial charge in [-0.05, 0) is 31.6 Å². The minimum Gasteiger partial charge on any atom is -0.480 e. The molecule has 0 radical (unpaired) electrons. The van der Waals surface area contributed by atoms with Crippen molar-refractivity contribution in [1.82, 2.24) is 10.2 Å². The Morgan fingerprint density at radius 3 is 2.65 bits per heavy atom. The van der Waals surface area contributed by atoms with Crippen molar-refractivity contribution in [2.45, 2.75) is 18.9 Å². The molecule has 1 aliphatic rings. The maximum atomic E-state index is 13.5. The SMILES string of the molecule is O=C(CC(NCCCN1CCOCC1)C(=O)O)Nc1ccc(F)cc1F. The van der Waals surface area contributed by atoms with E-state index in [9.17, 15) is 23.5 Å². The van der Waals surface area contributed by atoms with Crippen LogP contribution in [0.5, 0.6) is 0 Å². The zero-order valence-electron chi connectivity index (χ0n) is 14.3. The molecule has 1 saturated heterocycles. The number of nitrogens with one attached hydrogen (secondary N) is 2.